The van der Waals surface area contributed by atoms with Gasteiger partial charge in [0.2, 0.25) is 21.8 Å². The van der Waals surface area contributed by atoms with Crippen molar-refractivity contribution in [2.24, 2.45) is 0 Å². The second-order valence-electron chi connectivity index (χ2n) is 11.8. The molecule has 4 aromatic rings. The summed E-state index contributed by atoms with van der Waals surface area (Å²) in [6.07, 6.45) is 2.11. The molecule has 13 heteroatoms. The number of sulfonamides is 1. The molecule has 0 radical (unpaired) electrons. The molecule has 2 aliphatic heterocycles. The molecule has 2 aliphatic rings. The predicted molar refractivity (Wildman–Crippen MR) is 180 cm³/mol. The summed E-state index contributed by atoms with van der Waals surface area (Å²) in [5, 5.41) is 12.0. The maximum absolute atomic E-state index is 13.9. The van der Waals surface area contributed by atoms with Gasteiger partial charge in [-0.2, -0.15) is 4.31 Å². The highest BCUT2D eigenvalue weighted by molar-refractivity contribution is 14.1. The SMILES string of the molecule is CC[C@@H]1CN(Cc2cc([C@H](CC(=O)NC3CN(I)C3)c3ccc4c(nnn4CC)c3C)ccc2C)S(=O)(=O)c2cccnc2O1. The largest absolute Gasteiger partial charge is 0.472 e. The van der Waals surface area contributed by atoms with E-state index >= 15 is 0 Å². The molecule has 45 heavy (non-hydrogen) atoms. The number of carbonyl (C=O) groups is 1. The molecule has 2 aromatic heterocycles. The van der Waals surface area contributed by atoms with Gasteiger partial charge in [-0.15, -0.1) is 5.10 Å². The average molecular weight is 744 g/mol. The Morgan fingerprint density at radius 2 is 1.93 bits per heavy atom. The lowest BCUT2D eigenvalue weighted by atomic mass is 9.84. The zero-order chi connectivity index (χ0) is 31.9. The molecule has 0 spiro atoms. The average Bonchev–Trinajstić information content (AvgIpc) is 3.40. The molecule has 238 valence electrons. The van der Waals surface area contributed by atoms with Crippen LogP contribution in [-0.2, 0) is 27.9 Å². The number of aryl methyl sites for hydroxylation is 3. The van der Waals surface area contributed by atoms with E-state index in [4.69, 9.17) is 4.74 Å². The summed E-state index contributed by atoms with van der Waals surface area (Å²) in [6, 6.07) is 13.5. The topological polar surface area (TPSA) is 123 Å². The van der Waals surface area contributed by atoms with Gasteiger partial charge in [0.15, 0.2) is 0 Å². The number of nitrogens with one attached hydrogen (secondary N) is 1. The van der Waals surface area contributed by atoms with Gasteiger partial charge in [0.25, 0.3) is 0 Å². The normalized spacial score (nSPS) is 19.4. The number of fused-ring (bicyclic) bond motifs is 2. The minimum Gasteiger partial charge on any atom is -0.472 e. The van der Waals surface area contributed by atoms with Gasteiger partial charge in [-0.05, 0) is 73.2 Å². The van der Waals surface area contributed by atoms with Crippen LogP contribution in [0.5, 0.6) is 5.88 Å². The third-order valence-electron chi connectivity index (χ3n) is 8.87. The van der Waals surface area contributed by atoms with Crippen LogP contribution < -0.4 is 10.1 Å². The monoisotopic (exact) mass is 743 g/mol. The molecule has 11 nitrogen and oxygen atoms in total. The fourth-order valence-corrected chi connectivity index (χ4v) is 8.61. The van der Waals surface area contributed by atoms with Gasteiger partial charge in [-0.3, -0.25) is 4.79 Å². The van der Waals surface area contributed by atoms with Crippen molar-refractivity contribution in [1.29, 1.82) is 0 Å². The lowest BCUT2D eigenvalue weighted by Crippen LogP contribution is -2.55. The fourth-order valence-electron chi connectivity index (χ4n) is 6.14. The number of rotatable bonds is 9. The highest BCUT2D eigenvalue weighted by Gasteiger charge is 2.35. The molecule has 1 amide bonds. The Morgan fingerprint density at radius 1 is 1.13 bits per heavy atom. The first kappa shape index (κ1) is 31.8. The molecule has 2 aromatic carbocycles. The minimum absolute atomic E-state index is 0.0181. The summed E-state index contributed by atoms with van der Waals surface area (Å²) in [5.74, 6) is -0.143. The van der Waals surface area contributed by atoms with Crippen molar-refractivity contribution in [3.8, 4) is 5.88 Å². The van der Waals surface area contributed by atoms with Gasteiger partial charge in [0, 0.05) is 67.6 Å². The molecular weight excluding hydrogens is 705 g/mol. The van der Waals surface area contributed by atoms with E-state index in [1.807, 2.05) is 50.6 Å². The van der Waals surface area contributed by atoms with Crippen LogP contribution in [0.15, 0.2) is 53.6 Å². The van der Waals surface area contributed by atoms with E-state index < -0.39 is 10.0 Å². The van der Waals surface area contributed by atoms with E-state index in [1.54, 1.807) is 18.3 Å². The Balaban J connectivity index is 1.38. The zero-order valence-corrected chi connectivity index (χ0v) is 28.9. The zero-order valence-electron chi connectivity index (χ0n) is 25.9. The maximum atomic E-state index is 13.9. The van der Waals surface area contributed by atoms with Crippen LogP contribution in [0.2, 0.25) is 0 Å². The number of aromatic nitrogens is 4. The molecule has 1 fully saturated rings. The molecule has 0 aliphatic carbocycles. The Labute approximate surface area is 277 Å². The molecule has 6 rings (SSSR count). The van der Waals surface area contributed by atoms with Crippen molar-refractivity contribution in [3.05, 3.63) is 76.5 Å². The van der Waals surface area contributed by atoms with Gasteiger partial charge in [0.1, 0.15) is 16.5 Å². The van der Waals surface area contributed by atoms with E-state index in [1.165, 1.54) is 4.31 Å². The summed E-state index contributed by atoms with van der Waals surface area (Å²) in [4.78, 5) is 17.7. The number of amides is 1. The standard InChI is InChI=1S/C32H38IN7O4S/c1-5-25-19-39(45(42,43)29-8-7-13-34-32(29)44-25)16-23-14-22(10-9-20(23)3)27(15-30(41)35-24-17-38(33)18-24)26-11-12-28-31(21(26)4)36-37-40(28)6-2/h7-14,24-25,27H,5-6,15-19H2,1-4H3,(H,35,41)/t25-,27+/m1/s1. The number of benzene rings is 2. The third kappa shape index (κ3) is 6.31. The summed E-state index contributed by atoms with van der Waals surface area (Å²) in [6.45, 7) is 10.8. The smallest absolute Gasteiger partial charge is 0.248 e. The second kappa shape index (κ2) is 12.9. The van der Waals surface area contributed by atoms with Crippen LogP contribution in [0.3, 0.4) is 0 Å². The highest BCUT2D eigenvalue weighted by atomic mass is 127. The molecule has 0 unspecified atom stereocenters. The number of ether oxygens (including phenoxy) is 1. The van der Waals surface area contributed by atoms with Crippen molar-refractivity contribution in [2.75, 3.05) is 19.6 Å². The molecule has 0 bridgehead atoms. The lowest BCUT2D eigenvalue weighted by Gasteiger charge is -2.35. The van der Waals surface area contributed by atoms with Crippen LogP contribution in [0.25, 0.3) is 11.0 Å². The van der Waals surface area contributed by atoms with Crippen LogP contribution in [0.4, 0.5) is 0 Å². The fraction of sp³-hybridized carbons (Fsp3) is 0.438. The number of halogens is 1. The van der Waals surface area contributed by atoms with Gasteiger partial charge < -0.3 is 10.1 Å². The Hall–Kier alpha value is -3.14. The summed E-state index contributed by atoms with van der Waals surface area (Å²) in [7, 11) is -3.87. The lowest BCUT2D eigenvalue weighted by molar-refractivity contribution is -0.122. The molecule has 0 saturated carbocycles. The number of nitrogens with zero attached hydrogens (tertiary/aromatic N) is 6. The second-order valence-corrected chi connectivity index (χ2v) is 15.1. The highest BCUT2D eigenvalue weighted by Crippen LogP contribution is 2.36. The van der Waals surface area contributed by atoms with Crippen LogP contribution in [0, 0.1) is 13.8 Å². The Bertz CT molecular complexity index is 1840. The van der Waals surface area contributed by atoms with Crippen molar-refractivity contribution < 1.29 is 17.9 Å². The summed E-state index contributed by atoms with van der Waals surface area (Å²) >= 11 is 2.26. The van der Waals surface area contributed by atoms with Crippen LogP contribution in [-0.4, -0.2) is 73.5 Å². The maximum Gasteiger partial charge on any atom is 0.248 e. The summed E-state index contributed by atoms with van der Waals surface area (Å²) in [5.41, 5.74) is 6.54. The van der Waals surface area contributed by atoms with E-state index in [9.17, 15) is 13.2 Å². The van der Waals surface area contributed by atoms with E-state index in [0.29, 0.717) is 13.0 Å². The first-order chi connectivity index (χ1) is 21.6. The minimum atomic E-state index is -3.87. The van der Waals surface area contributed by atoms with Gasteiger partial charge in [-0.25, -0.2) is 21.2 Å². The number of pyridine rings is 1. The van der Waals surface area contributed by atoms with Crippen molar-refractivity contribution in [1.82, 2.24) is 32.7 Å². The molecule has 4 heterocycles. The van der Waals surface area contributed by atoms with Gasteiger partial charge in [0.05, 0.1) is 18.1 Å². The van der Waals surface area contributed by atoms with E-state index in [2.05, 4.69) is 58.7 Å². The van der Waals surface area contributed by atoms with Crippen molar-refractivity contribution in [3.63, 3.8) is 0 Å². The number of hydrogen-bond acceptors (Lipinski definition) is 8. The quantitative estimate of drug-likeness (QED) is 0.197. The van der Waals surface area contributed by atoms with E-state index in [-0.39, 0.29) is 54.3 Å². The number of hydrogen-bond donors (Lipinski definition) is 1. The first-order valence-electron chi connectivity index (χ1n) is 15.3. The van der Waals surface area contributed by atoms with Crippen LogP contribution in [0.1, 0.15) is 60.4 Å². The summed E-state index contributed by atoms with van der Waals surface area (Å²) < 4.78 is 39.3. The Kier molecular flexibility index (Phi) is 9.14. The molecule has 2 atom stereocenters. The molecular formula is C32H38IN7O4S. The Morgan fingerprint density at radius 3 is 2.67 bits per heavy atom. The van der Waals surface area contributed by atoms with Crippen molar-refractivity contribution in [2.45, 2.75) is 76.6 Å². The van der Waals surface area contributed by atoms with E-state index in [0.717, 1.165) is 51.9 Å². The third-order valence-corrected chi connectivity index (χ3v) is 11.5. The predicted octanol–water partition coefficient (Wildman–Crippen LogP) is 4.50. The van der Waals surface area contributed by atoms with Gasteiger partial charge >= 0.3 is 0 Å². The van der Waals surface area contributed by atoms with Crippen molar-refractivity contribution >= 4 is 49.8 Å². The number of carbonyl (C=O) groups excluding carboxylic acids is 1. The molecule has 1 N–H and O–H groups in total. The van der Waals surface area contributed by atoms with Crippen LogP contribution >= 0.6 is 22.9 Å². The first-order valence-corrected chi connectivity index (χ1v) is 17.7. The molecule has 1 saturated heterocycles. The van der Waals surface area contributed by atoms with Gasteiger partial charge in [-0.1, -0.05) is 36.4 Å².